The van der Waals surface area contributed by atoms with Crippen LogP contribution in [0.15, 0.2) is 43.1 Å². The highest BCUT2D eigenvalue weighted by atomic mass is 32.1. The van der Waals surface area contributed by atoms with Gasteiger partial charge in [0, 0.05) is 48.2 Å². The van der Waals surface area contributed by atoms with Gasteiger partial charge < -0.3 is 15.0 Å². The van der Waals surface area contributed by atoms with Gasteiger partial charge in [0.1, 0.15) is 23.1 Å². The highest BCUT2D eigenvalue weighted by Gasteiger charge is 2.28. The molecule has 0 spiro atoms. The molecule has 0 bridgehead atoms. The van der Waals surface area contributed by atoms with E-state index in [1.165, 1.54) is 10.4 Å². The number of aryl methyl sites for hydroxylation is 2. The quantitative estimate of drug-likeness (QED) is 0.382. The van der Waals surface area contributed by atoms with Crippen molar-refractivity contribution in [2.75, 3.05) is 12.4 Å². The maximum absolute atomic E-state index is 12.7. The number of ether oxygens (including phenoxy) is 1. The molecule has 11 heteroatoms. The first-order valence-electron chi connectivity index (χ1n) is 11.4. The zero-order valence-corrected chi connectivity index (χ0v) is 20.2. The Morgan fingerprint density at radius 1 is 1.34 bits per heavy atom. The minimum Gasteiger partial charge on any atom is -0.446 e. The van der Waals surface area contributed by atoms with E-state index < -0.39 is 0 Å². The number of nitrogens with one attached hydrogen (secondary N) is 2. The van der Waals surface area contributed by atoms with Gasteiger partial charge in [-0.05, 0) is 36.6 Å². The van der Waals surface area contributed by atoms with Crippen molar-refractivity contribution in [2.24, 2.45) is 7.05 Å². The van der Waals surface area contributed by atoms with Crippen molar-refractivity contribution in [3.05, 3.63) is 59.1 Å². The van der Waals surface area contributed by atoms with Crippen LogP contribution in [0.2, 0.25) is 0 Å². The maximum Gasteiger partial charge on any atom is 0.410 e. The number of carbonyl (C=O) groups is 1. The molecular formula is C24H24N8O2S. The van der Waals surface area contributed by atoms with E-state index >= 15 is 0 Å². The minimum absolute atomic E-state index is 0.160. The number of hydrogen-bond donors (Lipinski definition) is 2. The van der Waals surface area contributed by atoms with Crippen LogP contribution in [-0.4, -0.2) is 54.1 Å². The SMILES string of the molecule is CN(Cc1cnn(C)c1)C(=O)OC1CCc2c(sc3ncnc(Nc4ccc5[nH]ncc5c4)c23)C1. The van der Waals surface area contributed by atoms with Gasteiger partial charge in [-0.3, -0.25) is 9.78 Å². The fourth-order valence-corrected chi connectivity index (χ4v) is 5.81. The lowest BCUT2D eigenvalue weighted by atomic mass is 9.94. The molecule has 1 aromatic carbocycles. The van der Waals surface area contributed by atoms with Gasteiger partial charge in [-0.15, -0.1) is 11.3 Å². The summed E-state index contributed by atoms with van der Waals surface area (Å²) in [6.07, 6.45) is 8.83. The van der Waals surface area contributed by atoms with E-state index in [0.717, 1.165) is 51.0 Å². The molecule has 0 aliphatic heterocycles. The summed E-state index contributed by atoms with van der Waals surface area (Å²) in [4.78, 5) is 25.5. The molecular weight excluding hydrogens is 464 g/mol. The van der Waals surface area contributed by atoms with Crippen molar-refractivity contribution in [3.8, 4) is 0 Å². The molecule has 4 heterocycles. The Labute approximate surface area is 204 Å². The summed E-state index contributed by atoms with van der Waals surface area (Å²) in [7, 11) is 3.60. The second-order valence-corrected chi connectivity index (χ2v) is 9.91. The van der Waals surface area contributed by atoms with Gasteiger partial charge in [-0.1, -0.05) is 0 Å². The molecule has 0 radical (unpaired) electrons. The van der Waals surface area contributed by atoms with E-state index in [1.807, 2.05) is 31.4 Å². The molecule has 5 aromatic rings. The Kier molecular flexibility index (Phi) is 5.33. The summed E-state index contributed by atoms with van der Waals surface area (Å²) in [5, 5.41) is 16.8. The molecule has 6 rings (SSSR count). The van der Waals surface area contributed by atoms with Crippen LogP contribution in [-0.2, 0) is 31.2 Å². The average Bonchev–Trinajstić information content (AvgIpc) is 3.56. The predicted octanol–water partition coefficient (Wildman–Crippen LogP) is 4.17. The normalized spacial score (nSPS) is 15.3. The van der Waals surface area contributed by atoms with Crippen molar-refractivity contribution in [3.63, 3.8) is 0 Å². The van der Waals surface area contributed by atoms with E-state index in [-0.39, 0.29) is 12.2 Å². The molecule has 1 atom stereocenters. The smallest absolute Gasteiger partial charge is 0.410 e. The van der Waals surface area contributed by atoms with E-state index in [2.05, 4.69) is 30.6 Å². The number of aromatic nitrogens is 6. The minimum atomic E-state index is -0.319. The Morgan fingerprint density at radius 2 is 2.26 bits per heavy atom. The molecule has 0 fully saturated rings. The van der Waals surface area contributed by atoms with Crippen LogP contribution in [0.1, 0.15) is 22.4 Å². The summed E-state index contributed by atoms with van der Waals surface area (Å²) >= 11 is 1.65. The topological polar surface area (TPSA) is 114 Å². The summed E-state index contributed by atoms with van der Waals surface area (Å²) in [5.74, 6) is 0.794. The van der Waals surface area contributed by atoms with Crippen LogP contribution < -0.4 is 5.32 Å². The highest BCUT2D eigenvalue weighted by Crippen LogP contribution is 2.39. The van der Waals surface area contributed by atoms with E-state index in [9.17, 15) is 4.79 Å². The number of thiophene rings is 1. The van der Waals surface area contributed by atoms with Crippen molar-refractivity contribution in [1.29, 1.82) is 0 Å². The number of aromatic amines is 1. The second-order valence-electron chi connectivity index (χ2n) is 8.83. The zero-order valence-electron chi connectivity index (χ0n) is 19.4. The Balaban J connectivity index is 1.19. The van der Waals surface area contributed by atoms with Gasteiger partial charge in [0.2, 0.25) is 0 Å². The molecule has 1 amide bonds. The predicted molar refractivity (Wildman–Crippen MR) is 134 cm³/mol. The lowest BCUT2D eigenvalue weighted by Gasteiger charge is -2.25. The number of H-pyrrole nitrogens is 1. The third-order valence-corrected chi connectivity index (χ3v) is 7.42. The monoisotopic (exact) mass is 488 g/mol. The molecule has 4 aromatic heterocycles. The van der Waals surface area contributed by atoms with Gasteiger partial charge in [-0.25, -0.2) is 14.8 Å². The number of benzene rings is 1. The van der Waals surface area contributed by atoms with Crippen LogP contribution >= 0.6 is 11.3 Å². The lowest BCUT2D eigenvalue weighted by molar-refractivity contribution is 0.0616. The van der Waals surface area contributed by atoms with Crippen LogP contribution in [0, 0.1) is 0 Å². The van der Waals surface area contributed by atoms with E-state index in [4.69, 9.17) is 4.74 Å². The first-order chi connectivity index (χ1) is 17.0. The Bertz CT molecular complexity index is 1540. The summed E-state index contributed by atoms with van der Waals surface area (Å²) in [5.41, 5.74) is 4.14. The number of amides is 1. The number of carbonyl (C=O) groups excluding carboxylic acids is 1. The largest absolute Gasteiger partial charge is 0.446 e. The van der Waals surface area contributed by atoms with Crippen LogP contribution in [0.5, 0.6) is 0 Å². The number of fused-ring (bicyclic) bond motifs is 4. The summed E-state index contributed by atoms with van der Waals surface area (Å²) in [6, 6.07) is 6.05. The number of hydrogen-bond acceptors (Lipinski definition) is 8. The van der Waals surface area contributed by atoms with E-state index in [0.29, 0.717) is 13.0 Å². The molecule has 178 valence electrons. The Hall–Kier alpha value is -3.99. The second kappa shape index (κ2) is 8.66. The third-order valence-electron chi connectivity index (χ3n) is 6.26. The number of nitrogens with zero attached hydrogens (tertiary/aromatic N) is 6. The van der Waals surface area contributed by atoms with Gasteiger partial charge >= 0.3 is 6.09 Å². The fraction of sp³-hybridized carbons (Fsp3) is 0.292. The van der Waals surface area contributed by atoms with Crippen LogP contribution in [0.25, 0.3) is 21.1 Å². The Morgan fingerprint density at radius 3 is 3.11 bits per heavy atom. The molecule has 2 N–H and O–H groups in total. The number of anilines is 2. The average molecular weight is 489 g/mol. The number of rotatable bonds is 5. The molecule has 0 saturated heterocycles. The maximum atomic E-state index is 12.7. The summed E-state index contributed by atoms with van der Waals surface area (Å²) < 4.78 is 7.57. The molecule has 10 nitrogen and oxygen atoms in total. The van der Waals surface area contributed by atoms with Crippen LogP contribution in [0.4, 0.5) is 16.3 Å². The van der Waals surface area contributed by atoms with Gasteiger partial charge in [0.25, 0.3) is 0 Å². The van der Waals surface area contributed by atoms with Crippen molar-refractivity contribution in [2.45, 2.75) is 31.9 Å². The zero-order chi connectivity index (χ0) is 23.9. The highest BCUT2D eigenvalue weighted by molar-refractivity contribution is 7.19. The van der Waals surface area contributed by atoms with Crippen LogP contribution in [0.3, 0.4) is 0 Å². The molecule has 1 aliphatic carbocycles. The van der Waals surface area contributed by atoms with Crippen molar-refractivity contribution >= 4 is 50.1 Å². The van der Waals surface area contributed by atoms with Gasteiger partial charge in [-0.2, -0.15) is 10.2 Å². The van der Waals surface area contributed by atoms with E-state index in [1.54, 1.807) is 46.7 Å². The van der Waals surface area contributed by atoms with Gasteiger partial charge in [0.15, 0.2) is 0 Å². The molecule has 1 aliphatic rings. The molecule has 1 unspecified atom stereocenters. The first-order valence-corrected chi connectivity index (χ1v) is 12.2. The first kappa shape index (κ1) is 21.5. The fourth-order valence-electron chi connectivity index (χ4n) is 4.56. The van der Waals surface area contributed by atoms with Crippen molar-refractivity contribution < 1.29 is 9.53 Å². The van der Waals surface area contributed by atoms with Gasteiger partial charge in [0.05, 0.1) is 29.8 Å². The molecule has 35 heavy (non-hydrogen) atoms. The standard InChI is InChI=1S/C24H24N8O2S/c1-31(11-14-9-28-32(2)12-14)24(33)34-17-4-5-18-20(8-17)35-23-21(18)22(25-13-26-23)29-16-3-6-19-15(7-16)10-27-30-19/h3,6-7,9-10,12-13,17H,4-5,8,11H2,1-2H3,(H,27,30)(H,25,26,29). The lowest BCUT2D eigenvalue weighted by Crippen LogP contribution is -2.33. The summed E-state index contributed by atoms with van der Waals surface area (Å²) in [6.45, 7) is 0.461. The van der Waals surface area contributed by atoms with Crippen molar-refractivity contribution in [1.82, 2.24) is 34.8 Å². The third kappa shape index (κ3) is 4.18. The molecule has 0 saturated carbocycles.